The average Bonchev–Trinajstić information content (AvgIpc) is 3.04. The Morgan fingerprint density at radius 2 is 1.81 bits per heavy atom. The highest BCUT2D eigenvalue weighted by Crippen LogP contribution is 2.40. The summed E-state index contributed by atoms with van der Waals surface area (Å²) in [5, 5.41) is 0. The monoisotopic (exact) mass is 368 g/mol. The third kappa shape index (κ3) is 3.63. The molecule has 0 fully saturated rings. The maximum Gasteiger partial charge on any atom is 0.140 e. The largest absolute Gasteiger partial charge is 0.399 e. The molecule has 148 valence electrons. The predicted molar refractivity (Wildman–Crippen MR) is 114 cm³/mol. The molecule has 4 heteroatoms. The molecule has 0 amide bonds. The molecule has 0 saturated carbocycles. The van der Waals surface area contributed by atoms with E-state index in [1.807, 2.05) is 0 Å². The molecule has 4 nitrogen and oxygen atoms in total. The summed E-state index contributed by atoms with van der Waals surface area (Å²) in [5.74, 6) is 2.14. The minimum atomic E-state index is -0.184. The molecule has 1 unspecified atom stereocenters. The molecule has 27 heavy (non-hydrogen) atoms. The van der Waals surface area contributed by atoms with Crippen LogP contribution in [0.15, 0.2) is 22.9 Å². The van der Waals surface area contributed by atoms with E-state index in [2.05, 4.69) is 52.5 Å². The van der Waals surface area contributed by atoms with E-state index in [0.29, 0.717) is 6.04 Å². The van der Waals surface area contributed by atoms with Crippen LogP contribution in [-0.2, 0) is 11.8 Å². The molecule has 1 atom stereocenters. The molecular formula is C23H36N4. The van der Waals surface area contributed by atoms with Crippen molar-refractivity contribution in [3.8, 4) is 0 Å². The number of fused-ring (bicyclic) bond motifs is 1. The second-order valence-electron chi connectivity index (χ2n) is 8.72. The zero-order valence-electron chi connectivity index (χ0n) is 18.0. The van der Waals surface area contributed by atoms with Crippen LogP contribution >= 0.6 is 0 Å². The lowest BCUT2D eigenvalue weighted by Gasteiger charge is -2.33. The Kier molecular flexibility index (Phi) is 5.64. The van der Waals surface area contributed by atoms with Gasteiger partial charge in [0, 0.05) is 35.0 Å². The van der Waals surface area contributed by atoms with Crippen LogP contribution in [0.25, 0.3) is 0 Å². The highest BCUT2D eigenvalue weighted by atomic mass is 15.2. The van der Waals surface area contributed by atoms with Crippen LogP contribution in [0.1, 0.15) is 83.8 Å². The van der Waals surface area contributed by atoms with Gasteiger partial charge >= 0.3 is 0 Å². The highest BCUT2D eigenvalue weighted by Gasteiger charge is 2.36. The van der Waals surface area contributed by atoms with E-state index in [0.717, 1.165) is 42.2 Å². The van der Waals surface area contributed by atoms with Gasteiger partial charge in [-0.3, -0.25) is 0 Å². The van der Waals surface area contributed by atoms with Gasteiger partial charge in [-0.25, -0.2) is 9.97 Å². The van der Waals surface area contributed by atoms with E-state index in [1.165, 1.54) is 42.6 Å². The maximum atomic E-state index is 6.23. The van der Waals surface area contributed by atoms with Gasteiger partial charge in [-0.15, -0.1) is 0 Å². The molecule has 3 rings (SSSR count). The fourth-order valence-corrected chi connectivity index (χ4v) is 4.92. The summed E-state index contributed by atoms with van der Waals surface area (Å²) < 4.78 is 0. The fourth-order valence-electron chi connectivity index (χ4n) is 4.92. The first-order valence-electron chi connectivity index (χ1n) is 10.6. The summed E-state index contributed by atoms with van der Waals surface area (Å²) >= 11 is 0. The summed E-state index contributed by atoms with van der Waals surface area (Å²) in [4.78, 5) is 12.7. The Balaban J connectivity index is 2.02. The average molecular weight is 369 g/mol. The van der Waals surface area contributed by atoms with Crippen molar-refractivity contribution in [2.24, 2.45) is 5.73 Å². The van der Waals surface area contributed by atoms with Gasteiger partial charge in [0.2, 0.25) is 0 Å². The standard InChI is InChI=1S/C23H36N4/c1-7-9-18(10-8-2)27-12-11-19-17(5)25-22(26-21(19)27)23(6)13-15(3)20(24)16(4)14-23/h13,18H,7-12,14,24H2,1-6H3. The first kappa shape index (κ1) is 19.9. The van der Waals surface area contributed by atoms with Crippen molar-refractivity contribution in [2.45, 2.75) is 91.5 Å². The van der Waals surface area contributed by atoms with Gasteiger partial charge in [0.25, 0.3) is 0 Å². The summed E-state index contributed by atoms with van der Waals surface area (Å²) in [6.07, 6.45) is 9.14. The van der Waals surface area contributed by atoms with Gasteiger partial charge in [-0.05, 0) is 64.5 Å². The minimum absolute atomic E-state index is 0.184. The maximum absolute atomic E-state index is 6.23. The van der Waals surface area contributed by atoms with Crippen molar-refractivity contribution in [1.29, 1.82) is 0 Å². The van der Waals surface area contributed by atoms with Crippen LogP contribution in [0, 0.1) is 6.92 Å². The zero-order valence-corrected chi connectivity index (χ0v) is 18.0. The van der Waals surface area contributed by atoms with Crippen molar-refractivity contribution in [3.63, 3.8) is 0 Å². The van der Waals surface area contributed by atoms with E-state index in [1.54, 1.807) is 0 Å². The molecule has 2 N–H and O–H groups in total. The van der Waals surface area contributed by atoms with E-state index < -0.39 is 0 Å². The van der Waals surface area contributed by atoms with Crippen molar-refractivity contribution in [2.75, 3.05) is 11.4 Å². The van der Waals surface area contributed by atoms with Crippen molar-refractivity contribution < 1.29 is 0 Å². The third-order valence-corrected chi connectivity index (χ3v) is 6.31. The van der Waals surface area contributed by atoms with E-state index >= 15 is 0 Å². The van der Waals surface area contributed by atoms with E-state index in [-0.39, 0.29) is 5.41 Å². The van der Waals surface area contributed by atoms with Gasteiger partial charge in [0.1, 0.15) is 11.6 Å². The number of rotatable bonds is 6. The Morgan fingerprint density at radius 3 is 2.41 bits per heavy atom. The van der Waals surface area contributed by atoms with Crippen LogP contribution in [-0.4, -0.2) is 22.6 Å². The molecule has 0 spiro atoms. The van der Waals surface area contributed by atoms with Gasteiger partial charge in [0.15, 0.2) is 0 Å². The predicted octanol–water partition coefficient (Wildman–Crippen LogP) is 4.96. The Bertz CT molecular complexity index is 771. The summed E-state index contributed by atoms with van der Waals surface area (Å²) in [5.41, 5.74) is 11.9. The number of aryl methyl sites for hydroxylation is 1. The smallest absolute Gasteiger partial charge is 0.140 e. The number of aromatic nitrogens is 2. The molecule has 1 aliphatic carbocycles. The molecule has 1 aromatic heterocycles. The van der Waals surface area contributed by atoms with Crippen LogP contribution in [0.2, 0.25) is 0 Å². The molecule has 0 saturated heterocycles. The molecule has 2 heterocycles. The lowest BCUT2D eigenvalue weighted by molar-refractivity contribution is 0.504. The van der Waals surface area contributed by atoms with Gasteiger partial charge in [-0.2, -0.15) is 0 Å². The third-order valence-electron chi connectivity index (χ3n) is 6.31. The first-order chi connectivity index (χ1) is 12.8. The summed E-state index contributed by atoms with van der Waals surface area (Å²) in [6.45, 7) is 14.3. The number of anilines is 1. The molecule has 1 aliphatic heterocycles. The number of nitrogens with zero attached hydrogens (tertiary/aromatic N) is 3. The Labute approximate surface area is 165 Å². The van der Waals surface area contributed by atoms with Gasteiger partial charge in [0.05, 0.1) is 0 Å². The van der Waals surface area contributed by atoms with Gasteiger partial charge in [-0.1, -0.05) is 32.8 Å². The second-order valence-corrected chi connectivity index (χ2v) is 8.72. The quantitative estimate of drug-likeness (QED) is 0.771. The van der Waals surface area contributed by atoms with Crippen molar-refractivity contribution in [3.05, 3.63) is 40.0 Å². The van der Waals surface area contributed by atoms with Crippen LogP contribution in [0.3, 0.4) is 0 Å². The SMILES string of the molecule is CCCC(CCC)N1CCc2c(C)nc(C3(C)C=C(C)C(N)=C(C)C3)nc21. The number of allylic oxidation sites excluding steroid dienone is 3. The molecule has 0 radical (unpaired) electrons. The molecule has 1 aromatic rings. The lowest BCUT2D eigenvalue weighted by atomic mass is 9.76. The van der Waals surface area contributed by atoms with Crippen LogP contribution in [0.5, 0.6) is 0 Å². The molecule has 2 aliphatic rings. The lowest BCUT2D eigenvalue weighted by Crippen LogP contribution is -2.35. The topological polar surface area (TPSA) is 55.0 Å². The number of hydrogen-bond donors (Lipinski definition) is 1. The summed E-state index contributed by atoms with van der Waals surface area (Å²) in [7, 11) is 0. The van der Waals surface area contributed by atoms with Crippen LogP contribution < -0.4 is 10.6 Å². The van der Waals surface area contributed by atoms with E-state index in [4.69, 9.17) is 15.7 Å². The number of hydrogen-bond acceptors (Lipinski definition) is 4. The van der Waals surface area contributed by atoms with Crippen molar-refractivity contribution in [1.82, 2.24) is 9.97 Å². The minimum Gasteiger partial charge on any atom is -0.399 e. The first-order valence-corrected chi connectivity index (χ1v) is 10.6. The molecule has 0 bridgehead atoms. The zero-order chi connectivity index (χ0) is 19.8. The highest BCUT2D eigenvalue weighted by molar-refractivity contribution is 5.56. The Morgan fingerprint density at radius 1 is 1.15 bits per heavy atom. The molecular weight excluding hydrogens is 332 g/mol. The summed E-state index contributed by atoms with van der Waals surface area (Å²) in [6, 6.07) is 0.595. The second kappa shape index (κ2) is 7.65. The Hall–Kier alpha value is -1.84. The van der Waals surface area contributed by atoms with Crippen LogP contribution in [0.4, 0.5) is 5.82 Å². The van der Waals surface area contributed by atoms with E-state index in [9.17, 15) is 0 Å². The normalized spacial score (nSPS) is 22.5. The van der Waals surface area contributed by atoms with Gasteiger partial charge < -0.3 is 10.6 Å². The van der Waals surface area contributed by atoms with Crippen molar-refractivity contribution >= 4 is 5.82 Å². The molecule has 0 aromatic carbocycles. The number of nitrogens with two attached hydrogens (primary N) is 1. The fraction of sp³-hybridized carbons (Fsp3) is 0.652.